The standard InChI is InChI=1S/C16H28N4/c1-4-15-10-16(19-14(3)18-15)17-11-13(2)12-20-8-6-5-7-9-20/h10,13H,4-9,11-12H2,1-3H3,(H,17,18,19). The molecule has 0 spiro atoms. The van der Waals surface area contributed by atoms with Crippen molar-refractivity contribution >= 4 is 5.82 Å². The molecule has 0 radical (unpaired) electrons. The van der Waals surface area contributed by atoms with Gasteiger partial charge >= 0.3 is 0 Å². The first-order chi connectivity index (χ1) is 9.67. The molecule has 4 nitrogen and oxygen atoms in total. The molecule has 1 aliphatic rings. The van der Waals surface area contributed by atoms with Gasteiger partial charge in [-0.2, -0.15) is 0 Å². The van der Waals surface area contributed by atoms with Crippen molar-refractivity contribution in [2.75, 3.05) is 31.5 Å². The Morgan fingerprint density at radius 3 is 2.70 bits per heavy atom. The van der Waals surface area contributed by atoms with Crippen LogP contribution in [0.4, 0.5) is 5.82 Å². The van der Waals surface area contributed by atoms with Crippen LogP contribution in [0.3, 0.4) is 0 Å². The molecule has 0 amide bonds. The maximum Gasteiger partial charge on any atom is 0.129 e. The summed E-state index contributed by atoms with van der Waals surface area (Å²) in [7, 11) is 0. The van der Waals surface area contributed by atoms with Crippen molar-refractivity contribution in [1.29, 1.82) is 0 Å². The molecular weight excluding hydrogens is 248 g/mol. The highest BCUT2D eigenvalue weighted by atomic mass is 15.1. The molecular formula is C16H28N4. The molecule has 1 aromatic heterocycles. The number of likely N-dealkylation sites (tertiary alicyclic amines) is 1. The SMILES string of the molecule is CCc1cc(NCC(C)CN2CCCCC2)nc(C)n1. The highest BCUT2D eigenvalue weighted by Gasteiger charge is 2.13. The van der Waals surface area contributed by atoms with E-state index in [-0.39, 0.29) is 0 Å². The quantitative estimate of drug-likeness (QED) is 0.867. The summed E-state index contributed by atoms with van der Waals surface area (Å²) >= 11 is 0. The van der Waals surface area contributed by atoms with Crippen LogP contribution in [0, 0.1) is 12.8 Å². The Balaban J connectivity index is 1.80. The second-order valence-corrected chi connectivity index (χ2v) is 5.99. The van der Waals surface area contributed by atoms with Gasteiger partial charge in [0.15, 0.2) is 0 Å². The first kappa shape index (κ1) is 15.2. The van der Waals surface area contributed by atoms with E-state index < -0.39 is 0 Å². The van der Waals surface area contributed by atoms with Crippen molar-refractivity contribution in [2.45, 2.75) is 46.5 Å². The zero-order valence-electron chi connectivity index (χ0n) is 13.2. The molecule has 2 rings (SSSR count). The lowest BCUT2D eigenvalue weighted by Gasteiger charge is -2.29. The molecule has 112 valence electrons. The van der Waals surface area contributed by atoms with Gasteiger partial charge in [0.1, 0.15) is 11.6 Å². The Hall–Kier alpha value is -1.16. The van der Waals surface area contributed by atoms with Gasteiger partial charge in [-0.3, -0.25) is 0 Å². The van der Waals surface area contributed by atoms with Crippen LogP contribution in [0.25, 0.3) is 0 Å². The topological polar surface area (TPSA) is 41.0 Å². The molecule has 1 fully saturated rings. The number of aromatic nitrogens is 2. The third-order valence-corrected chi connectivity index (χ3v) is 3.90. The van der Waals surface area contributed by atoms with Crippen molar-refractivity contribution < 1.29 is 0 Å². The average Bonchev–Trinajstić information content (AvgIpc) is 2.45. The van der Waals surface area contributed by atoms with Crippen LogP contribution in [-0.4, -0.2) is 41.0 Å². The molecule has 1 saturated heterocycles. The van der Waals surface area contributed by atoms with Crippen molar-refractivity contribution in [1.82, 2.24) is 14.9 Å². The van der Waals surface area contributed by atoms with Gasteiger partial charge in [0.2, 0.25) is 0 Å². The molecule has 2 heterocycles. The highest BCUT2D eigenvalue weighted by Crippen LogP contribution is 2.12. The van der Waals surface area contributed by atoms with E-state index in [1.165, 1.54) is 38.9 Å². The van der Waals surface area contributed by atoms with Crippen molar-refractivity contribution in [2.24, 2.45) is 5.92 Å². The minimum atomic E-state index is 0.647. The van der Waals surface area contributed by atoms with Gasteiger partial charge in [-0.05, 0) is 45.2 Å². The Labute approximate surface area is 123 Å². The molecule has 1 N–H and O–H groups in total. The molecule has 4 heteroatoms. The van der Waals surface area contributed by atoms with E-state index in [4.69, 9.17) is 0 Å². The van der Waals surface area contributed by atoms with Crippen LogP contribution in [0.15, 0.2) is 6.07 Å². The Bertz CT molecular complexity index is 413. The molecule has 0 bridgehead atoms. The van der Waals surface area contributed by atoms with Crippen molar-refractivity contribution in [3.05, 3.63) is 17.6 Å². The third kappa shape index (κ3) is 4.75. The van der Waals surface area contributed by atoms with Crippen LogP contribution < -0.4 is 5.32 Å². The van der Waals surface area contributed by atoms with Gasteiger partial charge in [0, 0.05) is 24.8 Å². The number of hydrogen-bond acceptors (Lipinski definition) is 4. The molecule has 20 heavy (non-hydrogen) atoms. The number of anilines is 1. The molecule has 0 saturated carbocycles. The summed E-state index contributed by atoms with van der Waals surface area (Å²) in [6.07, 6.45) is 5.10. The van der Waals surface area contributed by atoms with E-state index in [0.29, 0.717) is 5.92 Å². The monoisotopic (exact) mass is 276 g/mol. The van der Waals surface area contributed by atoms with Crippen LogP contribution >= 0.6 is 0 Å². The van der Waals surface area contributed by atoms with E-state index in [1.54, 1.807) is 0 Å². The average molecular weight is 276 g/mol. The molecule has 1 aromatic rings. The number of hydrogen-bond donors (Lipinski definition) is 1. The zero-order chi connectivity index (χ0) is 14.4. The first-order valence-corrected chi connectivity index (χ1v) is 7.98. The Morgan fingerprint density at radius 2 is 2.00 bits per heavy atom. The highest BCUT2D eigenvalue weighted by molar-refractivity contribution is 5.36. The molecule has 1 aliphatic heterocycles. The molecule has 1 atom stereocenters. The maximum atomic E-state index is 4.46. The Morgan fingerprint density at radius 1 is 1.25 bits per heavy atom. The lowest BCUT2D eigenvalue weighted by Crippen LogP contribution is -2.35. The third-order valence-electron chi connectivity index (χ3n) is 3.90. The van der Waals surface area contributed by atoms with Crippen molar-refractivity contribution in [3.8, 4) is 0 Å². The van der Waals surface area contributed by atoms with Gasteiger partial charge in [0.05, 0.1) is 0 Å². The summed E-state index contributed by atoms with van der Waals surface area (Å²) in [5.74, 6) is 2.48. The summed E-state index contributed by atoms with van der Waals surface area (Å²) < 4.78 is 0. The summed E-state index contributed by atoms with van der Waals surface area (Å²) in [4.78, 5) is 11.5. The maximum absolute atomic E-state index is 4.46. The van der Waals surface area contributed by atoms with Gasteiger partial charge in [0.25, 0.3) is 0 Å². The van der Waals surface area contributed by atoms with Crippen LogP contribution in [0.2, 0.25) is 0 Å². The number of nitrogens with zero attached hydrogens (tertiary/aromatic N) is 3. The normalized spacial score (nSPS) is 17.9. The smallest absolute Gasteiger partial charge is 0.129 e. The largest absolute Gasteiger partial charge is 0.370 e. The second-order valence-electron chi connectivity index (χ2n) is 5.99. The number of rotatable bonds is 6. The number of aryl methyl sites for hydroxylation is 2. The summed E-state index contributed by atoms with van der Waals surface area (Å²) in [5.41, 5.74) is 1.11. The van der Waals surface area contributed by atoms with Crippen molar-refractivity contribution in [3.63, 3.8) is 0 Å². The lowest BCUT2D eigenvalue weighted by molar-refractivity contribution is 0.204. The van der Waals surface area contributed by atoms with E-state index in [9.17, 15) is 0 Å². The summed E-state index contributed by atoms with van der Waals surface area (Å²) in [6.45, 7) is 11.1. The fourth-order valence-corrected chi connectivity index (χ4v) is 2.83. The molecule has 1 unspecified atom stereocenters. The number of nitrogens with one attached hydrogen (secondary N) is 1. The zero-order valence-corrected chi connectivity index (χ0v) is 13.2. The van der Waals surface area contributed by atoms with E-state index in [0.717, 1.165) is 30.3 Å². The van der Waals surface area contributed by atoms with Gasteiger partial charge in [-0.25, -0.2) is 9.97 Å². The second kappa shape index (κ2) is 7.58. The van der Waals surface area contributed by atoms with E-state index >= 15 is 0 Å². The molecule has 0 aromatic carbocycles. The predicted octanol–water partition coefficient (Wildman–Crippen LogP) is 2.88. The Kier molecular flexibility index (Phi) is 5.77. The summed E-state index contributed by atoms with van der Waals surface area (Å²) in [6, 6.07) is 2.07. The summed E-state index contributed by atoms with van der Waals surface area (Å²) in [5, 5.41) is 3.47. The van der Waals surface area contributed by atoms with Crippen LogP contribution in [0.5, 0.6) is 0 Å². The van der Waals surface area contributed by atoms with Gasteiger partial charge < -0.3 is 10.2 Å². The van der Waals surface area contributed by atoms with Crippen LogP contribution in [0.1, 0.15) is 44.6 Å². The fourth-order valence-electron chi connectivity index (χ4n) is 2.83. The van der Waals surface area contributed by atoms with Gasteiger partial charge in [-0.15, -0.1) is 0 Å². The van der Waals surface area contributed by atoms with E-state index in [1.807, 2.05) is 6.92 Å². The van der Waals surface area contributed by atoms with E-state index in [2.05, 4.69) is 40.1 Å². The minimum absolute atomic E-state index is 0.647. The number of piperidine rings is 1. The fraction of sp³-hybridized carbons (Fsp3) is 0.750. The first-order valence-electron chi connectivity index (χ1n) is 7.98. The van der Waals surface area contributed by atoms with Crippen LogP contribution in [-0.2, 0) is 6.42 Å². The lowest BCUT2D eigenvalue weighted by atomic mass is 10.1. The van der Waals surface area contributed by atoms with Gasteiger partial charge in [-0.1, -0.05) is 20.3 Å². The predicted molar refractivity (Wildman–Crippen MR) is 84.1 cm³/mol. The molecule has 0 aliphatic carbocycles. The minimum Gasteiger partial charge on any atom is -0.370 e.